The summed E-state index contributed by atoms with van der Waals surface area (Å²) in [5.41, 5.74) is 2.90. The van der Waals surface area contributed by atoms with Gasteiger partial charge in [-0.25, -0.2) is 9.37 Å². The molecule has 2 aromatic carbocycles. The summed E-state index contributed by atoms with van der Waals surface area (Å²) >= 11 is 5.98. The number of aromatic amines is 1. The van der Waals surface area contributed by atoms with E-state index in [1.54, 1.807) is 24.3 Å². The molecule has 1 atom stereocenters. The molecule has 31 heavy (non-hydrogen) atoms. The minimum Gasteiger partial charge on any atom is -0.356 e. The molecule has 0 aliphatic heterocycles. The van der Waals surface area contributed by atoms with E-state index in [4.69, 9.17) is 11.6 Å². The summed E-state index contributed by atoms with van der Waals surface area (Å²) in [4.78, 5) is 32.4. The molecule has 5 nitrogen and oxygen atoms in total. The Bertz CT molecular complexity index is 1140. The number of H-pyrrole nitrogens is 1. The van der Waals surface area contributed by atoms with Gasteiger partial charge >= 0.3 is 0 Å². The number of rotatable bonds is 5. The fraction of sp³-hybridized carbons (Fsp3) is 0.292. The van der Waals surface area contributed by atoms with E-state index in [0.29, 0.717) is 41.4 Å². The number of carbonyl (C=O) groups is 1. The Morgan fingerprint density at radius 3 is 2.71 bits per heavy atom. The number of amides is 1. The first-order valence-corrected chi connectivity index (χ1v) is 10.7. The monoisotopic (exact) mass is 439 g/mol. The first-order valence-electron chi connectivity index (χ1n) is 10.4. The maximum Gasteiger partial charge on any atom is 0.254 e. The number of hydrogen-bond donors (Lipinski definition) is 2. The van der Waals surface area contributed by atoms with Crippen molar-refractivity contribution in [2.75, 3.05) is 6.54 Å². The van der Waals surface area contributed by atoms with Crippen LogP contribution in [0.2, 0.25) is 5.02 Å². The van der Waals surface area contributed by atoms with Crippen LogP contribution in [0.25, 0.3) is 11.4 Å². The van der Waals surface area contributed by atoms with Gasteiger partial charge in [-0.15, -0.1) is 0 Å². The number of benzene rings is 2. The molecule has 1 aliphatic carbocycles. The maximum atomic E-state index is 13.2. The van der Waals surface area contributed by atoms with Crippen LogP contribution in [-0.2, 0) is 24.1 Å². The van der Waals surface area contributed by atoms with Crippen molar-refractivity contribution in [2.45, 2.75) is 32.1 Å². The van der Waals surface area contributed by atoms with Crippen molar-refractivity contribution in [1.29, 1.82) is 0 Å². The molecule has 0 bridgehead atoms. The zero-order valence-corrected chi connectivity index (χ0v) is 17.7. The van der Waals surface area contributed by atoms with Gasteiger partial charge in [-0.3, -0.25) is 9.59 Å². The summed E-state index contributed by atoms with van der Waals surface area (Å²) in [6.07, 6.45) is 3.23. The second-order valence-corrected chi connectivity index (χ2v) is 8.34. The van der Waals surface area contributed by atoms with Crippen molar-refractivity contribution in [3.8, 4) is 11.4 Å². The quantitative estimate of drug-likeness (QED) is 0.588. The van der Waals surface area contributed by atoms with Crippen molar-refractivity contribution in [2.24, 2.45) is 5.92 Å². The van der Waals surface area contributed by atoms with E-state index in [1.165, 1.54) is 12.1 Å². The molecular weight excluding hydrogens is 417 g/mol. The highest BCUT2D eigenvalue weighted by Gasteiger charge is 2.21. The van der Waals surface area contributed by atoms with Crippen molar-refractivity contribution in [3.05, 3.63) is 86.5 Å². The van der Waals surface area contributed by atoms with Crippen LogP contribution in [0, 0.1) is 11.7 Å². The van der Waals surface area contributed by atoms with E-state index in [0.717, 1.165) is 24.1 Å². The molecule has 160 valence electrons. The van der Waals surface area contributed by atoms with Gasteiger partial charge in [0.25, 0.3) is 5.56 Å². The van der Waals surface area contributed by atoms with Crippen molar-refractivity contribution < 1.29 is 9.18 Å². The van der Waals surface area contributed by atoms with Crippen LogP contribution in [-0.4, -0.2) is 22.4 Å². The number of hydrogen-bond acceptors (Lipinski definition) is 3. The standard InChI is InChI=1S/C24H23ClFN3O2/c25-18-3-1-2-16(12-18)13-22(30)27-14-15-4-10-20-21(11-5-15)28-23(29-24(20)31)17-6-8-19(26)9-7-17/h1-3,6-9,12,15H,4-5,10-11,13-14H2,(H,27,30)(H,28,29,31). The van der Waals surface area contributed by atoms with Gasteiger partial charge < -0.3 is 10.3 Å². The molecule has 1 aromatic heterocycles. The summed E-state index contributed by atoms with van der Waals surface area (Å²) in [6.45, 7) is 0.566. The first kappa shape index (κ1) is 21.2. The minimum atomic E-state index is -0.332. The molecule has 1 heterocycles. The van der Waals surface area contributed by atoms with E-state index in [1.807, 2.05) is 12.1 Å². The fourth-order valence-electron chi connectivity index (χ4n) is 3.94. The smallest absolute Gasteiger partial charge is 0.254 e. The number of fused-ring (bicyclic) bond motifs is 1. The van der Waals surface area contributed by atoms with E-state index in [2.05, 4.69) is 15.3 Å². The predicted octanol–water partition coefficient (Wildman–Crippen LogP) is 4.08. The molecule has 0 fully saturated rings. The first-order chi connectivity index (χ1) is 15.0. The van der Waals surface area contributed by atoms with Crippen LogP contribution in [0.5, 0.6) is 0 Å². The lowest BCUT2D eigenvalue weighted by Gasteiger charge is -2.14. The van der Waals surface area contributed by atoms with Gasteiger partial charge in [0.05, 0.1) is 12.1 Å². The lowest BCUT2D eigenvalue weighted by atomic mass is 9.99. The van der Waals surface area contributed by atoms with Gasteiger partial charge in [0, 0.05) is 22.7 Å². The van der Waals surface area contributed by atoms with Crippen LogP contribution < -0.4 is 10.9 Å². The van der Waals surface area contributed by atoms with E-state index >= 15 is 0 Å². The summed E-state index contributed by atoms with van der Waals surface area (Å²) in [6, 6.07) is 13.2. The highest BCUT2D eigenvalue weighted by Crippen LogP contribution is 2.23. The Morgan fingerprint density at radius 2 is 1.94 bits per heavy atom. The molecule has 0 radical (unpaired) electrons. The van der Waals surface area contributed by atoms with Crippen LogP contribution in [0.4, 0.5) is 4.39 Å². The zero-order valence-electron chi connectivity index (χ0n) is 17.0. The van der Waals surface area contributed by atoms with Crippen LogP contribution in [0.15, 0.2) is 53.3 Å². The predicted molar refractivity (Wildman–Crippen MR) is 119 cm³/mol. The van der Waals surface area contributed by atoms with Crippen LogP contribution in [0.1, 0.15) is 29.7 Å². The molecule has 1 aliphatic rings. The van der Waals surface area contributed by atoms with E-state index in [-0.39, 0.29) is 29.6 Å². The van der Waals surface area contributed by atoms with E-state index < -0.39 is 0 Å². The number of aryl methyl sites for hydroxylation is 1. The Balaban J connectivity index is 1.38. The van der Waals surface area contributed by atoms with Crippen molar-refractivity contribution in [1.82, 2.24) is 15.3 Å². The van der Waals surface area contributed by atoms with E-state index in [9.17, 15) is 14.0 Å². The van der Waals surface area contributed by atoms with Gasteiger partial charge in [-0.1, -0.05) is 23.7 Å². The topological polar surface area (TPSA) is 74.8 Å². The van der Waals surface area contributed by atoms with Crippen molar-refractivity contribution in [3.63, 3.8) is 0 Å². The summed E-state index contributed by atoms with van der Waals surface area (Å²) in [7, 11) is 0. The maximum absolute atomic E-state index is 13.2. The van der Waals surface area contributed by atoms with Gasteiger partial charge in [0.1, 0.15) is 11.6 Å². The summed E-state index contributed by atoms with van der Waals surface area (Å²) in [5, 5.41) is 3.62. The number of aromatic nitrogens is 2. The third kappa shape index (κ3) is 5.39. The summed E-state index contributed by atoms with van der Waals surface area (Å²) in [5.74, 6) is 0.350. The second-order valence-electron chi connectivity index (χ2n) is 7.90. The normalized spacial score (nSPS) is 15.7. The molecule has 1 unspecified atom stereocenters. The Kier molecular flexibility index (Phi) is 6.47. The molecule has 3 aromatic rings. The number of halogens is 2. The van der Waals surface area contributed by atoms with Crippen LogP contribution in [0.3, 0.4) is 0 Å². The SMILES string of the molecule is O=C(Cc1cccc(Cl)c1)NCC1CCc2nc(-c3ccc(F)cc3)[nH]c(=O)c2CC1. The highest BCUT2D eigenvalue weighted by molar-refractivity contribution is 6.30. The molecule has 0 saturated carbocycles. The molecule has 0 saturated heterocycles. The molecule has 1 amide bonds. The van der Waals surface area contributed by atoms with Gasteiger partial charge in [0.15, 0.2) is 0 Å². The summed E-state index contributed by atoms with van der Waals surface area (Å²) < 4.78 is 13.2. The zero-order chi connectivity index (χ0) is 21.8. The third-order valence-corrected chi connectivity index (χ3v) is 5.89. The average molecular weight is 440 g/mol. The van der Waals surface area contributed by atoms with Gasteiger partial charge in [-0.2, -0.15) is 0 Å². The lowest BCUT2D eigenvalue weighted by molar-refractivity contribution is -0.120. The number of nitrogens with one attached hydrogen (secondary N) is 2. The van der Waals surface area contributed by atoms with Gasteiger partial charge in [0.2, 0.25) is 5.91 Å². The number of carbonyl (C=O) groups excluding carboxylic acids is 1. The number of nitrogens with zero attached hydrogens (tertiary/aromatic N) is 1. The lowest BCUT2D eigenvalue weighted by Crippen LogP contribution is -2.30. The Hall–Kier alpha value is -2.99. The Morgan fingerprint density at radius 1 is 1.16 bits per heavy atom. The molecule has 0 spiro atoms. The highest BCUT2D eigenvalue weighted by atomic mass is 35.5. The second kappa shape index (κ2) is 9.43. The van der Waals surface area contributed by atoms with Gasteiger partial charge in [-0.05, 0) is 73.6 Å². The molecule has 4 rings (SSSR count). The van der Waals surface area contributed by atoms with Crippen LogP contribution >= 0.6 is 11.6 Å². The third-order valence-electron chi connectivity index (χ3n) is 5.65. The molecule has 7 heteroatoms. The molecule has 2 N–H and O–H groups in total. The Labute approximate surface area is 184 Å². The molecular formula is C24H23ClFN3O2. The average Bonchev–Trinajstić information content (AvgIpc) is 2.95. The minimum absolute atomic E-state index is 0.0430. The fourth-order valence-corrected chi connectivity index (χ4v) is 4.16. The van der Waals surface area contributed by atoms with Crippen molar-refractivity contribution >= 4 is 17.5 Å². The largest absolute Gasteiger partial charge is 0.356 e.